The van der Waals surface area contributed by atoms with Gasteiger partial charge in [-0.1, -0.05) is 0 Å². The van der Waals surface area contributed by atoms with Gasteiger partial charge in [0.2, 0.25) is 5.91 Å². The largest absolute Gasteiger partial charge is 0.435 e. The number of rotatable bonds is 8. The van der Waals surface area contributed by atoms with E-state index in [9.17, 15) is 22.4 Å². The summed E-state index contributed by atoms with van der Waals surface area (Å²) in [6, 6.07) is 3.36. The number of H-pyrrole nitrogens is 1. The minimum Gasteiger partial charge on any atom is -0.435 e. The summed E-state index contributed by atoms with van der Waals surface area (Å²) in [5.41, 5.74) is 0.133. The lowest BCUT2D eigenvalue weighted by Crippen LogP contribution is -2.47. The lowest BCUT2D eigenvalue weighted by atomic mass is 10.1. The number of alkyl halides is 4. The molecule has 0 bridgehead atoms. The van der Waals surface area contributed by atoms with Gasteiger partial charge in [-0.3, -0.25) is 14.8 Å². The van der Waals surface area contributed by atoms with Crippen LogP contribution in [-0.4, -0.2) is 70.3 Å². The van der Waals surface area contributed by atoms with E-state index in [1.807, 2.05) is 6.92 Å². The summed E-state index contributed by atoms with van der Waals surface area (Å²) in [6.45, 7) is -1.65. The third-order valence-corrected chi connectivity index (χ3v) is 4.52. The average Bonchev–Trinajstić information content (AvgIpc) is 3.11. The number of hydrogen-bond donors (Lipinski definition) is 1. The molecule has 0 spiro atoms. The fourth-order valence-electron chi connectivity index (χ4n) is 3.08. The summed E-state index contributed by atoms with van der Waals surface area (Å²) in [5, 5.41) is 6.88. The van der Waals surface area contributed by atoms with Gasteiger partial charge in [-0.2, -0.15) is 22.7 Å². The molecule has 1 amide bonds. The summed E-state index contributed by atoms with van der Waals surface area (Å²) < 4.78 is 58.5. The monoisotopic (exact) mass is 443 g/mol. The standard InChI is InChI=1S/C19H21F4N5O3/c1-12-24-16(26-25-12)11-27-6-8-28(9-7-27)17(29)5-3-13-2-4-14(30-18(20)21)10-15(13)31-19(22)23/h2-5,10,18-19H,6-9,11H2,1H3,(H,24,25,26)/b5-3+. The van der Waals surface area contributed by atoms with Gasteiger partial charge in [0.25, 0.3) is 0 Å². The normalized spacial score (nSPS) is 15.3. The number of carbonyl (C=O) groups is 1. The molecule has 0 aliphatic carbocycles. The predicted molar refractivity (Wildman–Crippen MR) is 102 cm³/mol. The van der Waals surface area contributed by atoms with E-state index in [4.69, 9.17) is 0 Å². The number of aromatic amines is 1. The van der Waals surface area contributed by atoms with Gasteiger partial charge in [0.05, 0.1) is 6.54 Å². The lowest BCUT2D eigenvalue weighted by Gasteiger charge is -2.33. The van der Waals surface area contributed by atoms with E-state index in [0.717, 1.165) is 11.9 Å². The van der Waals surface area contributed by atoms with E-state index in [1.54, 1.807) is 4.90 Å². The Hall–Kier alpha value is -3.15. The van der Waals surface area contributed by atoms with Crippen LogP contribution in [0.3, 0.4) is 0 Å². The van der Waals surface area contributed by atoms with Gasteiger partial charge in [-0.05, 0) is 25.1 Å². The quantitative estimate of drug-likeness (QED) is 0.499. The molecule has 31 heavy (non-hydrogen) atoms. The highest BCUT2D eigenvalue weighted by Crippen LogP contribution is 2.28. The van der Waals surface area contributed by atoms with Crippen molar-refractivity contribution < 1.29 is 31.8 Å². The van der Waals surface area contributed by atoms with Crippen LogP contribution in [-0.2, 0) is 11.3 Å². The Morgan fingerprint density at radius 1 is 1.16 bits per heavy atom. The van der Waals surface area contributed by atoms with E-state index < -0.39 is 13.2 Å². The molecule has 2 aromatic rings. The van der Waals surface area contributed by atoms with E-state index in [-0.39, 0.29) is 23.0 Å². The van der Waals surface area contributed by atoms with Gasteiger partial charge in [0, 0.05) is 43.9 Å². The average molecular weight is 443 g/mol. The first-order valence-electron chi connectivity index (χ1n) is 9.41. The Morgan fingerprint density at radius 3 is 2.48 bits per heavy atom. The van der Waals surface area contributed by atoms with Gasteiger partial charge in [-0.25, -0.2) is 4.98 Å². The van der Waals surface area contributed by atoms with Crippen LogP contribution in [0.25, 0.3) is 6.08 Å². The maximum Gasteiger partial charge on any atom is 0.387 e. The van der Waals surface area contributed by atoms with Crippen LogP contribution in [0.15, 0.2) is 24.3 Å². The molecule has 0 unspecified atom stereocenters. The van der Waals surface area contributed by atoms with Crippen LogP contribution in [0.4, 0.5) is 17.6 Å². The number of benzene rings is 1. The van der Waals surface area contributed by atoms with Crippen molar-refractivity contribution in [3.05, 3.63) is 41.5 Å². The molecule has 1 fully saturated rings. The summed E-state index contributed by atoms with van der Waals surface area (Å²) in [6.07, 6.45) is 2.53. The van der Waals surface area contributed by atoms with Crippen LogP contribution in [0.1, 0.15) is 17.2 Å². The Morgan fingerprint density at radius 2 is 1.87 bits per heavy atom. The Labute approximate surface area is 175 Å². The van der Waals surface area contributed by atoms with Gasteiger partial charge in [0.15, 0.2) is 5.82 Å². The third kappa shape index (κ3) is 6.67. The minimum atomic E-state index is -3.16. The van der Waals surface area contributed by atoms with Crippen LogP contribution < -0.4 is 9.47 Å². The number of piperazine rings is 1. The van der Waals surface area contributed by atoms with Crippen molar-refractivity contribution in [1.29, 1.82) is 0 Å². The highest BCUT2D eigenvalue weighted by atomic mass is 19.3. The van der Waals surface area contributed by atoms with Crippen molar-refractivity contribution in [3.8, 4) is 11.5 Å². The molecule has 0 saturated carbocycles. The van der Waals surface area contributed by atoms with Crippen molar-refractivity contribution in [2.45, 2.75) is 26.7 Å². The first-order chi connectivity index (χ1) is 14.8. The third-order valence-electron chi connectivity index (χ3n) is 4.52. The first-order valence-corrected chi connectivity index (χ1v) is 9.41. The molecule has 1 N–H and O–H groups in total. The molecule has 1 aliphatic rings. The van der Waals surface area contributed by atoms with Crippen LogP contribution >= 0.6 is 0 Å². The van der Waals surface area contributed by atoms with Crippen LogP contribution in [0.5, 0.6) is 11.5 Å². The number of halogens is 4. The molecule has 8 nitrogen and oxygen atoms in total. The first kappa shape index (κ1) is 22.5. The second kappa shape index (κ2) is 10.2. The highest BCUT2D eigenvalue weighted by Gasteiger charge is 2.21. The molecule has 168 valence electrons. The number of ether oxygens (including phenoxy) is 2. The van der Waals surface area contributed by atoms with Crippen molar-refractivity contribution in [2.24, 2.45) is 0 Å². The number of aryl methyl sites for hydroxylation is 1. The zero-order valence-corrected chi connectivity index (χ0v) is 16.6. The SMILES string of the molecule is Cc1nc(CN2CCN(C(=O)/C=C/c3ccc(OC(F)F)cc3OC(F)F)CC2)n[nH]1. The van der Waals surface area contributed by atoms with Gasteiger partial charge >= 0.3 is 13.2 Å². The number of hydrogen-bond acceptors (Lipinski definition) is 6. The summed E-state index contributed by atoms with van der Waals surface area (Å²) in [4.78, 5) is 20.5. The molecular formula is C19H21F4N5O3. The smallest absolute Gasteiger partial charge is 0.387 e. The zero-order valence-electron chi connectivity index (χ0n) is 16.6. The molecular weight excluding hydrogens is 422 g/mol. The summed E-state index contributed by atoms with van der Waals surface area (Å²) in [7, 11) is 0. The fourth-order valence-corrected chi connectivity index (χ4v) is 3.08. The summed E-state index contributed by atoms with van der Waals surface area (Å²) in [5.74, 6) is 0.417. The highest BCUT2D eigenvalue weighted by molar-refractivity contribution is 5.92. The van der Waals surface area contributed by atoms with E-state index in [0.29, 0.717) is 38.5 Å². The second-order valence-electron chi connectivity index (χ2n) is 6.73. The molecule has 1 aliphatic heterocycles. The molecule has 1 aromatic carbocycles. The maximum atomic E-state index is 12.7. The predicted octanol–water partition coefficient (Wildman–Crippen LogP) is 2.67. The van der Waals surface area contributed by atoms with Crippen LogP contribution in [0.2, 0.25) is 0 Å². The molecule has 0 atom stereocenters. The van der Waals surface area contributed by atoms with Crippen molar-refractivity contribution in [3.63, 3.8) is 0 Å². The summed E-state index contributed by atoms with van der Waals surface area (Å²) >= 11 is 0. The number of nitrogens with zero attached hydrogens (tertiary/aromatic N) is 4. The molecule has 2 heterocycles. The molecule has 12 heteroatoms. The van der Waals surface area contributed by atoms with Gasteiger partial charge in [0.1, 0.15) is 17.3 Å². The number of carbonyl (C=O) groups excluding carboxylic acids is 1. The van der Waals surface area contributed by atoms with Crippen molar-refractivity contribution in [2.75, 3.05) is 26.2 Å². The second-order valence-corrected chi connectivity index (χ2v) is 6.73. The Bertz CT molecular complexity index is 914. The van der Waals surface area contributed by atoms with E-state index >= 15 is 0 Å². The van der Waals surface area contributed by atoms with Crippen LogP contribution in [0, 0.1) is 6.92 Å². The van der Waals surface area contributed by atoms with E-state index in [1.165, 1.54) is 24.3 Å². The maximum absolute atomic E-state index is 12.7. The van der Waals surface area contributed by atoms with Crippen molar-refractivity contribution >= 4 is 12.0 Å². The minimum absolute atomic E-state index is 0.133. The number of aromatic nitrogens is 3. The number of amides is 1. The molecule has 0 radical (unpaired) electrons. The Balaban J connectivity index is 1.59. The van der Waals surface area contributed by atoms with Gasteiger partial charge < -0.3 is 14.4 Å². The molecule has 1 saturated heterocycles. The number of nitrogens with one attached hydrogen (secondary N) is 1. The molecule has 3 rings (SSSR count). The topological polar surface area (TPSA) is 83.6 Å². The van der Waals surface area contributed by atoms with Gasteiger partial charge in [-0.15, -0.1) is 0 Å². The lowest BCUT2D eigenvalue weighted by molar-refractivity contribution is -0.127. The molecule has 1 aromatic heterocycles. The zero-order chi connectivity index (χ0) is 22.4. The van der Waals surface area contributed by atoms with Crippen molar-refractivity contribution in [1.82, 2.24) is 25.0 Å². The van der Waals surface area contributed by atoms with E-state index in [2.05, 4.69) is 29.6 Å². The fraction of sp³-hybridized carbons (Fsp3) is 0.421. The Kier molecular flexibility index (Phi) is 7.45.